The number of aliphatic hydroxyl groups is 2. The minimum absolute atomic E-state index is 0.0822. The number of fused-ring (bicyclic) bond motifs is 1. The van der Waals surface area contributed by atoms with Crippen LogP contribution in [0.5, 0.6) is 0 Å². The molecule has 0 aromatic heterocycles. The Morgan fingerprint density at radius 1 is 1.64 bits per heavy atom. The van der Waals surface area contributed by atoms with Crippen molar-refractivity contribution >= 4 is 0 Å². The van der Waals surface area contributed by atoms with Gasteiger partial charge in [-0.15, -0.1) is 0 Å². The van der Waals surface area contributed by atoms with Crippen LogP contribution >= 0.6 is 0 Å². The molecule has 3 heteroatoms. The molecule has 0 aromatic rings. The van der Waals surface area contributed by atoms with Crippen molar-refractivity contribution < 1.29 is 14.7 Å². The van der Waals surface area contributed by atoms with Crippen molar-refractivity contribution in [1.29, 1.82) is 0 Å². The number of rotatable bonds is 3. The van der Waals surface area contributed by atoms with E-state index in [4.69, 9.17) is 0 Å². The van der Waals surface area contributed by atoms with Gasteiger partial charge in [0.05, 0.1) is 26.2 Å². The zero-order valence-corrected chi connectivity index (χ0v) is 8.39. The predicted octanol–water partition coefficient (Wildman–Crippen LogP) is 0.0547. The lowest BCUT2D eigenvalue weighted by Gasteiger charge is -2.35. The summed E-state index contributed by atoms with van der Waals surface area (Å²) in [5.41, 5.74) is 1.01. The second kappa shape index (κ2) is 3.50. The van der Waals surface area contributed by atoms with E-state index in [1.54, 1.807) is 0 Å². The molecule has 3 atom stereocenters. The Morgan fingerprint density at radius 3 is 3.07 bits per heavy atom. The van der Waals surface area contributed by atoms with Crippen LogP contribution in [0.25, 0.3) is 0 Å². The standard InChI is InChI=1S/C11H18NO2/c1-2-5-12-6-3-9(8-13)11(12)10(14)4-7-12/h2-3,10-11,13-14H,1,4-8H2/q+1/t10-,11-,12?/m0/s1. The number of hydrogen-bond donors (Lipinski definition) is 2. The van der Waals surface area contributed by atoms with Gasteiger partial charge in [-0.25, -0.2) is 0 Å². The molecule has 14 heavy (non-hydrogen) atoms. The van der Waals surface area contributed by atoms with Crippen molar-refractivity contribution in [3.8, 4) is 0 Å². The highest BCUT2D eigenvalue weighted by Crippen LogP contribution is 2.36. The van der Waals surface area contributed by atoms with Crippen LogP contribution in [0.3, 0.4) is 0 Å². The molecule has 2 heterocycles. The van der Waals surface area contributed by atoms with E-state index in [2.05, 4.69) is 12.7 Å². The molecule has 0 spiro atoms. The summed E-state index contributed by atoms with van der Waals surface area (Å²) in [6, 6.07) is 0.123. The van der Waals surface area contributed by atoms with E-state index in [-0.39, 0.29) is 18.8 Å². The van der Waals surface area contributed by atoms with E-state index < -0.39 is 0 Å². The first kappa shape index (κ1) is 9.90. The summed E-state index contributed by atoms with van der Waals surface area (Å²) in [6.45, 7) is 6.68. The van der Waals surface area contributed by atoms with Crippen LogP contribution in [0, 0.1) is 0 Å². The van der Waals surface area contributed by atoms with Crippen LogP contribution in [0.2, 0.25) is 0 Å². The Balaban J connectivity index is 2.25. The molecule has 1 unspecified atom stereocenters. The Hall–Kier alpha value is -0.640. The Kier molecular flexibility index (Phi) is 2.47. The zero-order valence-electron chi connectivity index (χ0n) is 8.39. The van der Waals surface area contributed by atoms with Gasteiger partial charge in [-0.3, -0.25) is 0 Å². The maximum absolute atomic E-state index is 9.89. The van der Waals surface area contributed by atoms with Crippen LogP contribution in [-0.2, 0) is 0 Å². The molecule has 1 saturated heterocycles. The smallest absolute Gasteiger partial charge is 0.140 e. The van der Waals surface area contributed by atoms with E-state index in [0.29, 0.717) is 0 Å². The third-order valence-corrected chi connectivity index (χ3v) is 3.60. The van der Waals surface area contributed by atoms with Gasteiger partial charge in [0, 0.05) is 12.0 Å². The first-order valence-corrected chi connectivity index (χ1v) is 5.18. The number of aliphatic hydroxyl groups excluding tert-OH is 2. The molecule has 0 saturated carbocycles. The Bertz CT molecular complexity index is 274. The molecule has 0 aromatic carbocycles. The minimum Gasteiger partial charge on any atom is -0.392 e. The van der Waals surface area contributed by atoms with Gasteiger partial charge in [0.2, 0.25) is 0 Å². The van der Waals surface area contributed by atoms with Crippen LogP contribution in [0.1, 0.15) is 6.42 Å². The molecule has 0 amide bonds. The van der Waals surface area contributed by atoms with Crippen LogP contribution in [0.15, 0.2) is 24.3 Å². The first-order valence-electron chi connectivity index (χ1n) is 5.18. The maximum Gasteiger partial charge on any atom is 0.140 e. The molecule has 2 N–H and O–H groups in total. The summed E-state index contributed by atoms with van der Waals surface area (Å²) < 4.78 is 0.876. The topological polar surface area (TPSA) is 40.5 Å². The van der Waals surface area contributed by atoms with Crippen LogP contribution < -0.4 is 0 Å². The zero-order chi connectivity index (χ0) is 10.2. The predicted molar refractivity (Wildman–Crippen MR) is 54.6 cm³/mol. The number of hydrogen-bond acceptors (Lipinski definition) is 2. The third kappa shape index (κ3) is 1.24. The van der Waals surface area contributed by atoms with E-state index in [9.17, 15) is 10.2 Å². The summed E-state index contributed by atoms with van der Waals surface area (Å²) in [7, 11) is 0. The van der Waals surface area contributed by atoms with E-state index >= 15 is 0 Å². The van der Waals surface area contributed by atoms with Crippen molar-refractivity contribution in [1.82, 2.24) is 0 Å². The molecule has 1 fully saturated rings. The third-order valence-electron chi connectivity index (χ3n) is 3.60. The van der Waals surface area contributed by atoms with Gasteiger partial charge >= 0.3 is 0 Å². The van der Waals surface area contributed by atoms with Gasteiger partial charge in [-0.2, -0.15) is 0 Å². The highest BCUT2D eigenvalue weighted by atomic mass is 16.3. The first-order chi connectivity index (χ1) is 6.73. The summed E-state index contributed by atoms with van der Waals surface area (Å²) in [5.74, 6) is 0. The lowest BCUT2D eigenvalue weighted by molar-refractivity contribution is -0.920. The second-order valence-electron chi connectivity index (χ2n) is 4.33. The fourth-order valence-corrected chi connectivity index (χ4v) is 2.97. The fraction of sp³-hybridized carbons (Fsp3) is 0.636. The molecule has 0 bridgehead atoms. The van der Waals surface area contributed by atoms with Crippen LogP contribution in [-0.4, -0.2) is 53.1 Å². The van der Waals surface area contributed by atoms with Crippen LogP contribution in [0.4, 0.5) is 0 Å². The fourth-order valence-electron chi connectivity index (χ4n) is 2.97. The molecule has 2 aliphatic rings. The molecule has 78 valence electrons. The van der Waals surface area contributed by atoms with Crippen molar-refractivity contribution in [2.24, 2.45) is 0 Å². The monoisotopic (exact) mass is 196 g/mol. The van der Waals surface area contributed by atoms with Crippen molar-refractivity contribution in [2.75, 3.05) is 26.2 Å². The summed E-state index contributed by atoms with van der Waals surface area (Å²) in [4.78, 5) is 0. The molecule has 2 rings (SSSR count). The average Bonchev–Trinajstić information content (AvgIpc) is 2.67. The van der Waals surface area contributed by atoms with Crippen molar-refractivity contribution in [3.63, 3.8) is 0 Å². The number of nitrogens with zero attached hydrogens (tertiary/aromatic N) is 1. The van der Waals surface area contributed by atoms with E-state index in [1.807, 2.05) is 6.08 Å². The molecule has 0 radical (unpaired) electrons. The Morgan fingerprint density at radius 2 is 2.43 bits per heavy atom. The van der Waals surface area contributed by atoms with Gasteiger partial charge < -0.3 is 14.7 Å². The van der Waals surface area contributed by atoms with Gasteiger partial charge in [0.15, 0.2) is 0 Å². The molecule has 3 nitrogen and oxygen atoms in total. The van der Waals surface area contributed by atoms with Crippen molar-refractivity contribution in [3.05, 3.63) is 24.3 Å². The van der Waals surface area contributed by atoms with Gasteiger partial charge in [0.1, 0.15) is 12.1 Å². The minimum atomic E-state index is -0.282. The highest BCUT2D eigenvalue weighted by Gasteiger charge is 2.51. The summed E-state index contributed by atoms with van der Waals surface area (Å²) >= 11 is 0. The summed E-state index contributed by atoms with van der Waals surface area (Å²) in [6.07, 6.45) is 4.56. The molecular weight excluding hydrogens is 178 g/mol. The second-order valence-corrected chi connectivity index (χ2v) is 4.33. The maximum atomic E-state index is 9.89. The largest absolute Gasteiger partial charge is 0.392 e. The lowest BCUT2D eigenvalue weighted by Crippen LogP contribution is -2.51. The summed E-state index contributed by atoms with van der Waals surface area (Å²) in [5, 5.41) is 19.1. The SMILES string of the molecule is C=CC[N+]12CC=C(CO)[C@H]1[C@@H](O)CC2. The van der Waals surface area contributed by atoms with Crippen molar-refractivity contribution in [2.45, 2.75) is 18.6 Å². The normalized spacial score (nSPS) is 40.9. The Labute approximate surface area is 84.6 Å². The molecule has 0 aliphatic carbocycles. The lowest BCUT2D eigenvalue weighted by atomic mass is 10.0. The highest BCUT2D eigenvalue weighted by molar-refractivity contribution is 5.18. The van der Waals surface area contributed by atoms with E-state index in [1.165, 1.54) is 0 Å². The van der Waals surface area contributed by atoms with E-state index in [0.717, 1.165) is 36.1 Å². The van der Waals surface area contributed by atoms with Gasteiger partial charge in [0.25, 0.3) is 0 Å². The quantitative estimate of drug-likeness (QED) is 0.495. The average molecular weight is 196 g/mol. The molecular formula is C11H18NO2+. The van der Waals surface area contributed by atoms with Gasteiger partial charge in [-0.1, -0.05) is 6.58 Å². The number of quaternary nitrogens is 1. The molecule has 2 aliphatic heterocycles. The van der Waals surface area contributed by atoms with Gasteiger partial charge in [-0.05, 0) is 12.2 Å².